The first-order valence-electron chi connectivity index (χ1n) is 7.16. The van der Waals surface area contributed by atoms with E-state index in [9.17, 15) is 0 Å². The van der Waals surface area contributed by atoms with Crippen LogP contribution in [0.3, 0.4) is 0 Å². The summed E-state index contributed by atoms with van der Waals surface area (Å²) in [6, 6.07) is 0.703. The molecule has 0 aromatic rings. The second-order valence-electron chi connectivity index (χ2n) is 5.76. The Bertz CT molecular complexity index is 206. The fourth-order valence-electron chi connectivity index (χ4n) is 2.50. The van der Waals surface area contributed by atoms with E-state index in [-0.39, 0.29) is 5.54 Å². The highest BCUT2D eigenvalue weighted by atomic mass is 16.5. The van der Waals surface area contributed by atoms with Gasteiger partial charge < -0.3 is 10.1 Å². The lowest BCUT2D eigenvalue weighted by Crippen LogP contribution is -2.61. The Morgan fingerprint density at radius 3 is 2.71 bits per heavy atom. The normalized spacial score (nSPS) is 25.1. The molecule has 0 amide bonds. The molecule has 0 aromatic carbocycles. The zero-order valence-corrected chi connectivity index (χ0v) is 12.1. The molecule has 1 fully saturated rings. The molecule has 1 heterocycles. The van der Waals surface area contributed by atoms with Crippen molar-refractivity contribution in [2.24, 2.45) is 0 Å². The molecule has 0 saturated carbocycles. The monoisotopic (exact) mass is 242 g/mol. The van der Waals surface area contributed by atoms with Gasteiger partial charge in [0.2, 0.25) is 0 Å². The van der Waals surface area contributed by atoms with Crippen LogP contribution >= 0.6 is 0 Å². The molecule has 1 atom stereocenters. The predicted octanol–water partition coefficient (Wildman–Crippen LogP) is 2.27. The smallest absolute Gasteiger partial charge is 0.0478 e. The van der Waals surface area contributed by atoms with E-state index in [1.165, 1.54) is 13.0 Å². The Hall–Kier alpha value is -0.120. The van der Waals surface area contributed by atoms with E-state index >= 15 is 0 Å². The van der Waals surface area contributed by atoms with Crippen LogP contribution in [0, 0.1) is 0 Å². The molecule has 0 bridgehead atoms. The average Bonchev–Trinajstić information content (AvgIpc) is 2.28. The second-order valence-corrected chi connectivity index (χ2v) is 5.76. The number of hydrogen-bond donors (Lipinski definition) is 1. The number of hydrogen-bond acceptors (Lipinski definition) is 3. The summed E-state index contributed by atoms with van der Waals surface area (Å²) in [5.74, 6) is 0. The lowest BCUT2D eigenvalue weighted by atomic mass is 9.97. The van der Waals surface area contributed by atoms with Gasteiger partial charge in [0.25, 0.3) is 0 Å². The van der Waals surface area contributed by atoms with Crippen LogP contribution in [0.25, 0.3) is 0 Å². The molecule has 1 aliphatic rings. The van der Waals surface area contributed by atoms with Gasteiger partial charge in [-0.1, -0.05) is 13.8 Å². The van der Waals surface area contributed by atoms with E-state index in [1.54, 1.807) is 0 Å². The van der Waals surface area contributed by atoms with Gasteiger partial charge in [-0.05, 0) is 33.1 Å². The van der Waals surface area contributed by atoms with Crippen molar-refractivity contribution >= 4 is 0 Å². The van der Waals surface area contributed by atoms with Gasteiger partial charge in [-0.2, -0.15) is 0 Å². The van der Waals surface area contributed by atoms with Gasteiger partial charge in [-0.15, -0.1) is 0 Å². The minimum absolute atomic E-state index is 0.260. The van der Waals surface area contributed by atoms with E-state index in [0.29, 0.717) is 6.04 Å². The Balaban J connectivity index is 2.27. The van der Waals surface area contributed by atoms with E-state index < -0.39 is 0 Å². The first-order valence-corrected chi connectivity index (χ1v) is 7.16. The van der Waals surface area contributed by atoms with Crippen molar-refractivity contribution in [1.82, 2.24) is 10.2 Å². The highest BCUT2D eigenvalue weighted by Gasteiger charge is 2.30. The van der Waals surface area contributed by atoms with Crippen molar-refractivity contribution < 1.29 is 4.74 Å². The van der Waals surface area contributed by atoms with Gasteiger partial charge in [-0.25, -0.2) is 0 Å². The SMILES string of the molecule is CCCOCCCN1CC(C)(C)NCC1CC. The molecular formula is C14H30N2O. The van der Waals surface area contributed by atoms with Crippen LogP contribution in [-0.2, 0) is 4.74 Å². The Morgan fingerprint density at radius 1 is 1.29 bits per heavy atom. The number of nitrogens with zero attached hydrogens (tertiary/aromatic N) is 1. The van der Waals surface area contributed by atoms with Crippen LogP contribution in [-0.4, -0.2) is 49.3 Å². The summed E-state index contributed by atoms with van der Waals surface area (Å²) in [7, 11) is 0. The zero-order valence-electron chi connectivity index (χ0n) is 12.1. The van der Waals surface area contributed by atoms with Gasteiger partial charge in [0.05, 0.1) is 0 Å². The van der Waals surface area contributed by atoms with Crippen molar-refractivity contribution in [1.29, 1.82) is 0 Å². The molecule has 0 spiro atoms. The average molecular weight is 242 g/mol. The van der Waals surface area contributed by atoms with Crippen molar-refractivity contribution in [3.05, 3.63) is 0 Å². The molecule has 17 heavy (non-hydrogen) atoms. The van der Waals surface area contributed by atoms with E-state index in [1.807, 2.05) is 0 Å². The van der Waals surface area contributed by atoms with Crippen LogP contribution in [0.5, 0.6) is 0 Å². The van der Waals surface area contributed by atoms with Crippen LogP contribution in [0.1, 0.15) is 47.0 Å². The third-order valence-corrected chi connectivity index (χ3v) is 3.48. The van der Waals surface area contributed by atoms with Crippen LogP contribution in [0.4, 0.5) is 0 Å². The minimum Gasteiger partial charge on any atom is -0.381 e. The molecule has 3 heteroatoms. The summed E-state index contributed by atoms with van der Waals surface area (Å²) in [5, 5.41) is 3.63. The fraction of sp³-hybridized carbons (Fsp3) is 1.00. The Kier molecular flexibility index (Phi) is 6.45. The standard InChI is InChI=1S/C14H30N2O/c1-5-9-17-10-7-8-16-12-14(3,4)15-11-13(16)6-2/h13,15H,5-12H2,1-4H3. The molecular weight excluding hydrogens is 212 g/mol. The van der Waals surface area contributed by atoms with Gasteiger partial charge in [0.15, 0.2) is 0 Å². The van der Waals surface area contributed by atoms with Gasteiger partial charge in [0.1, 0.15) is 0 Å². The first-order chi connectivity index (χ1) is 8.09. The lowest BCUT2D eigenvalue weighted by molar-refractivity contribution is 0.0719. The maximum absolute atomic E-state index is 5.55. The van der Waals surface area contributed by atoms with Gasteiger partial charge in [-0.3, -0.25) is 4.90 Å². The van der Waals surface area contributed by atoms with Crippen LogP contribution in [0.15, 0.2) is 0 Å². The summed E-state index contributed by atoms with van der Waals surface area (Å²) in [4.78, 5) is 2.63. The van der Waals surface area contributed by atoms with Crippen LogP contribution in [0.2, 0.25) is 0 Å². The number of nitrogens with one attached hydrogen (secondary N) is 1. The molecule has 3 nitrogen and oxygen atoms in total. The molecule has 0 aromatic heterocycles. The lowest BCUT2D eigenvalue weighted by Gasteiger charge is -2.44. The van der Waals surface area contributed by atoms with Gasteiger partial charge in [0, 0.05) is 44.4 Å². The quantitative estimate of drug-likeness (QED) is 0.693. The van der Waals surface area contributed by atoms with Crippen molar-refractivity contribution in [3.8, 4) is 0 Å². The molecule has 1 rings (SSSR count). The summed E-state index contributed by atoms with van der Waals surface area (Å²) in [6.45, 7) is 14.3. The zero-order chi connectivity index (χ0) is 12.7. The minimum atomic E-state index is 0.260. The van der Waals surface area contributed by atoms with Crippen LogP contribution < -0.4 is 5.32 Å². The maximum Gasteiger partial charge on any atom is 0.0478 e. The molecule has 1 N–H and O–H groups in total. The predicted molar refractivity (Wildman–Crippen MR) is 73.5 cm³/mol. The number of rotatable bonds is 7. The molecule has 1 saturated heterocycles. The van der Waals surface area contributed by atoms with Crippen molar-refractivity contribution in [3.63, 3.8) is 0 Å². The fourth-order valence-corrected chi connectivity index (χ4v) is 2.50. The molecule has 1 unspecified atom stereocenters. The largest absolute Gasteiger partial charge is 0.381 e. The summed E-state index contributed by atoms with van der Waals surface area (Å²) < 4.78 is 5.55. The van der Waals surface area contributed by atoms with Crippen molar-refractivity contribution in [2.75, 3.05) is 32.8 Å². The van der Waals surface area contributed by atoms with Crippen molar-refractivity contribution in [2.45, 2.75) is 58.5 Å². The van der Waals surface area contributed by atoms with E-state index in [0.717, 1.165) is 39.1 Å². The summed E-state index contributed by atoms with van der Waals surface area (Å²) in [5.41, 5.74) is 0.260. The molecule has 1 aliphatic heterocycles. The topological polar surface area (TPSA) is 24.5 Å². The molecule has 102 valence electrons. The third kappa shape index (κ3) is 5.36. The summed E-state index contributed by atoms with van der Waals surface area (Å²) in [6.07, 6.45) is 3.52. The highest BCUT2D eigenvalue weighted by molar-refractivity contribution is 4.91. The highest BCUT2D eigenvalue weighted by Crippen LogP contribution is 2.17. The number of piperazine rings is 1. The Labute approximate surface area is 107 Å². The van der Waals surface area contributed by atoms with E-state index in [4.69, 9.17) is 4.74 Å². The first kappa shape index (κ1) is 14.9. The molecule has 0 radical (unpaired) electrons. The van der Waals surface area contributed by atoms with Gasteiger partial charge >= 0.3 is 0 Å². The number of ether oxygens (including phenoxy) is 1. The van der Waals surface area contributed by atoms with E-state index in [2.05, 4.69) is 37.9 Å². The maximum atomic E-state index is 5.55. The molecule has 0 aliphatic carbocycles. The summed E-state index contributed by atoms with van der Waals surface area (Å²) >= 11 is 0. The third-order valence-electron chi connectivity index (χ3n) is 3.48. The second kappa shape index (κ2) is 7.34. The Morgan fingerprint density at radius 2 is 2.06 bits per heavy atom.